The van der Waals surface area contributed by atoms with Gasteiger partial charge in [0.15, 0.2) is 5.88 Å². The molecule has 2 aliphatic heterocycles. The first-order chi connectivity index (χ1) is 14.0. The smallest absolute Gasteiger partial charge is 0.191 e. The summed E-state index contributed by atoms with van der Waals surface area (Å²) in [5.41, 5.74) is 5.92. The average molecular weight is 391 g/mol. The molecule has 2 aromatic carbocycles. The molecular weight excluding hydrogens is 365 g/mol. The zero-order valence-electron chi connectivity index (χ0n) is 17.1. The molecule has 4 nitrogen and oxygen atoms in total. The Kier molecular flexibility index (Phi) is 4.26. The molecule has 1 aromatic heterocycles. The first kappa shape index (κ1) is 18.1. The van der Waals surface area contributed by atoms with Crippen LogP contribution in [0.15, 0.2) is 48.4 Å². The summed E-state index contributed by atoms with van der Waals surface area (Å²) in [6, 6.07) is 11.5. The molecule has 0 bridgehead atoms. The maximum absolute atomic E-state index is 13.7. The van der Waals surface area contributed by atoms with Crippen molar-refractivity contribution in [3.8, 4) is 5.75 Å². The van der Waals surface area contributed by atoms with E-state index in [0.29, 0.717) is 5.92 Å². The van der Waals surface area contributed by atoms with E-state index in [1.165, 1.54) is 28.6 Å². The van der Waals surface area contributed by atoms with E-state index in [9.17, 15) is 4.39 Å². The van der Waals surface area contributed by atoms with Crippen molar-refractivity contribution in [2.24, 2.45) is 0 Å². The fourth-order valence-electron chi connectivity index (χ4n) is 4.48. The molecule has 0 radical (unpaired) electrons. The second kappa shape index (κ2) is 6.83. The van der Waals surface area contributed by atoms with Crippen LogP contribution in [0.4, 0.5) is 10.1 Å². The van der Waals surface area contributed by atoms with E-state index < -0.39 is 0 Å². The highest BCUT2D eigenvalue weighted by Crippen LogP contribution is 2.38. The summed E-state index contributed by atoms with van der Waals surface area (Å²) in [6.45, 7) is 3.98. The summed E-state index contributed by atoms with van der Waals surface area (Å²) in [7, 11) is 4.01. The molecule has 3 heterocycles. The number of rotatable bonds is 2. The maximum Gasteiger partial charge on any atom is 0.191 e. The number of ether oxygens (including phenoxy) is 1. The van der Waals surface area contributed by atoms with Crippen LogP contribution in [0.3, 0.4) is 0 Å². The Hall–Kier alpha value is -2.95. The number of halogens is 1. The molecule has 0 saturated heterocycles. The molecule has 0 fully saturated rings. The number of allylic oxidation sites excluding steroid dienone is 1. The maximum atomic E-state index is 13.7. The van der Waals surface area contributed by atoms with Crippen LogP contribution < -0.4 is 9.64 Å². The van der Waals surface area contributed by atoms with Crippen molar-refractivity contribution in [1.29, 1.82) is 0 Å². The largest absolute Gasteiger partial charge is 0.441 e. The van der Waals surface area contributed by atoms with Gasteiger partial charge in [-0.15, -0.1) is 0 Å². The van der Waals surface area contributed by atoms with Gasteiger partial charge in [-0.05, 0) is 66.8 Å². The van der Waals surface area contributed by atoms with Crippen LogP contribution in [-0.2, 0) is 13.0 Å². The highest BCUT2D eigenvalue weighted by Gasteiger charge is 2.24. The van der Waals surface area contributed by atoms with Crippen molar-refractivity contribution in [3.63, 3.8) is 0 Å². The highest BCUT2D eigenvalue weighted by atomic mass is 19.1. The molecule has 1 unspecified atom stereocenters. The van der Waals surface area contributed by atoms with Crippen LogP contribution in [0.2, 0.25) is 0 Å². The molecule has 0 spiro atoms. The fourth-order valence-corrected chi connectivity index (χ4v) is 4.48. The number of nitrogens with one attached hydrogen (secondary N) is 1. The van der Waals surface area contributed by atoms with Crippen LogP contribution in [-0.4, -0.2) is 30.5 Å². The summed E-state index contributed by atoms with van der Waals surface area (Å²) in [6.07, 6.45) is 4.04. The van der Waals surface area contributed by atoms with Crippen LogP contribution in [0.5, 0.6) is 5.75 Å². The summed E-state index contributed by atoms with van der Waals surface area (Å²) in [5, 5.41) is 1.02. The normalized spacial score (nSPS) is 18.6. The van der Waals surface area contributed by atoms with Gasteiger partial charge in [0.05, 0.1) is 6.54 Å². The third-order valence-corrected chi connectivity index (χ3v) is 6.13. The molecule has 2 aliphatic rings. The number of benzene rings is 2. The molecule has 150 valence electrons. The zero-order valence-corrected chi connectivity index (χ0v) is 17.1. The second-order valence-electron chi connectivity index (χ2n) is 8.34. The molecule has 0 aliphatic carbocycles. The number of anilines is 1. The topological polar surface area (TPSA) is 31.5 Å². The van der Waals surface area contributed by atoms with Gasteiger partial charge in [-0.3, -0.25) is 0 Å². The number of H-pyrrole nitrogens is 1. The Morgan fingerprint density at radius 3 is 2.86 bits per heavy atom. The average Bonchev–Trinajstić information content (AvgIpc) is 2.98. The Morgan fingerprint density at radius 2 is 2.03 bits per heavy atom. The predicted octanol–water partition coefficient (Wildman–Crippen LogP) is 5.16. The van der Waals surface area contributed by atoms with E-state index in [2.05, 4.69) is 41.1 Å². The summed E-state index contributed by atoms with van der Waals surface area (Å²) >= 11 is 0. The lowest BCUT2D eigenvalue weighted by Gasteiger charge is -2.30. The second-order valence-corrected chi connectivity index (χ2v) is 8.34. The Labute approximate surface area is 170 Å². The van der Waals surface area contributed by atoms with Gasteiger partial charge in [0.1, 0.15) is 11.6 Å². The first-order valence-corrected chi connectivity index (χ1v) is 10.2. The van der Waals surface area contributed by atoms with E-state index in [-0.39, 0.29) is 5.82 Å². The molecule has 5 rings (SSSR count). The van der Waals surface area contributed by atoms with Crippen LogP contribution in [0, 0.1) is 5.82 Å². The van der Waals surface area contributed by atoms with Gasteiger partial charge < -0.3 is 19.5 Å². The molecule has 3 aromatic rings. The van der Waals surface area contributed by atoms with E-state index in [1.54, 1.807) is 6.07 Å². The van der Waals surface area contributed by atoms with Crippen molar-refractivity contribution in [2.45, 2.75) is 32.2 Å². The van der Waals surface area contributed by atoms with Gasteiger partial charge in [-0.2, -0.15) is 0 Å². The number of hydrogen-bond acceptors (Lipinski definition) is 3. The third kappa shape index (κ3) is 3.15. The van der Waals surface area contributed by atoms with Gasteiger partial charge >= 0.3 is 0 Å². The fraction of sp³-hybridized carbons (Fsp3) is 0.333. The van der Waals surface area contributed by atoms with E-state index >= 15 is 0 Å². The minimum Gasteiger partial charge on any atom is -0.441 e. The van der Waals surface area contributed by atoms with Gasteiger partial charge in [-0.25, -0.2) is 4.39 Å². The van der Waals surface area contributed by atoms with Gasteiger partial charge in [0, 0.05) is 48.5 Å². The quantitative estimate of drug-likeness (QED) is 0.655. The van der Waals surface area contributed by atoms with Crippen molar-refractivity contribution in [3.05, 3.63) is 71.0 Å². The van der Waals surface area contributed by atoms with E-state index in [1.807, 2.05) is 25.1 Å². The van der Waals surface area contributed by atoms with Crippen LogP contribution >= 0.6 is 0 Å². The van der Waals surface area contributed by atoms with E-state index in [4.69, 9.17) is 4.74 Å². The van der Waals surface area contributed by atoms with Gasteiger partial charge in [0.25, 0.3) is 0 Å². The molecule has 0 saturated carbocycles. The number of nitrogens with zero attached hydrogens (tertiary/aromatic N) is 2. The number of hydrogen-bond donors (Lipinski definition) is 1. The van der Waals surface area contributed by atoms with Gasteiger partial charge in [-0.1, -0.05) is 6.92 Å². The Morgan fingerprint density at radius 1 is 1.17 bits per heavy atom. The summed E-state index contributed by atoms with van der Waals surface area (Å²) < 4.78 is 19.9. The van der Waals surface area contributed by atoms with Crippen molar-refractivity contribution in [2.75, 3.05) is 25.5 Å². The monoisotopic (exact) mass is 391 g/mol. The lowest BCUT2D eigenvalue weighted by molar-refractivity contribution is 0.280. The SMILES string of the molecule is CC1CC=C(N(C)C)Oc2ccc(N3CCc4c([nH]c5ccc(F)cc45)C3)cc21. The molecular formula is C24H26FN3O. The minimum atomic E-state index is -0.174. The standard InChI is InChI=1S/C24H26FN3O/c1-15-4-9-24(27(2)3)29-23-8-6-17(13-19(15)23)28-11-10-18-20-12-16(25)5-7-21(20)26-22(18)14-28/h5-9,12-13,15,26H,4,10-11,14H2,1-3H3. The first-order valence-electron chi connectivity index (χ1n) is 10.2. The molecule has 1 N–H and O–H groups in total. The lowest BCUT2D eigenvalue weighted by Crippen LogP contribution is -2.30. The zero-order chi connectivity index (χ0) is 20.1. The molecule has 0 amide bonds. The lowest BCUT2D eigenvalue weighted by atomic mass is 9.96. The highest BCUT2D eigenvalue weighted by molar-refractivity contribution is 5.85. The molecule has 1 atom stereocenters. The summed E-state index contributed by atoms with van der Waals surface area (Å²) in [5.74, 6) is 2.07. The summed E-state index contributed by atoms with van der Waals surface area (Å²) in [4.78, 5) is 7.91. The number of aromatic nitrogens is 1. The number of aromatic amines is 1. The third-order valence-electron chi connectivity index (χ3n) is 6.13. The number of fused-ring (bicyclic) bond motifs is 4. The van der Waals surface area contributed by atoms with E-state index in [0.717, 1.165) is 48.5 Å². The van der Waals surface area contributed by atoms with Gasteiger partial charge in [0.2, 0.25) is 0 Å². The molecule has 5 heteroatoms. The molecule has 29 heavy (non-hydrogen) atoms. The van der Waals surface area contributed by atoms with Crippen molar-refractivity contribution in [1.82, 2.24) is 9.88 Å². The predicted molar refractivity (Wildman–Crippen MR) is 115 cm³/mol. The van der Waals surface area contributed by atoms with Crippen molar-refractivity contribution >= 4 is 16.6 Å². The van der Waals surface area contributed by atoms with Crippen LogP contribution in [0.25, 0.3) is 10.9 Å². The van der Waals surface area contributed by atoms with Crippen molar-refractivity contribution < 1.29 is 9.13 Å². The Bertz CT molecular complexity index is 1110. The van der Waals surface area contributed by atoms with Crippen LogP contribution in [0.1, 0.15) is 36.1 Å². The Balaban J connectivity index is 1.45. The minimum absolute atomic E-state index is 0.174.